The largest absolute Gasteiger partial charge is 0.352 e. The Balaban J connectivity index is 1.66. The molecule has 1 aromatic rings. The number of fused-ring (bicyclic) bond motifs is 1. The number of hydrogen-bond donors (Lipinski definition) is 1. The van der Waals surface area contributed by atoms with Crippen LogP contribution < -0.4 is 10.2 Å². The van der Waals surface area contributed by atoms with Crippen LogP contribution in [-0.2, 0) is 6.54 Å². The summed E-state index contributed by atoms with van der Waals surface area (Å²) in [6.07, 6.45) is 6.83. The van der Waals surface area contributed by atoms with Crippen molar-refractivity contribution in [2.24, 2.45) is 5.92 Å². The van der Waals surface area contributed by atoms with Gasteiger partial charge < -0.3 is 10.2 Å². The lowest BCUT2D eigenvalue weighted by Gasteiger charge is -2.38. The molecule has 0 bridgehead atoms. The Morgan fingerprint density at radius 3 is 2.67 bits per heavy atom. The molecule has 21 heavy (non-hydrogen) atoms. The predicted octanol–water partition coefficient (Wildman–Crippen LogP) is 3.13. The molecule has 2 aliphatic rings. The Kier molecular flexibility index (Phi) is 4.16. The van der Waals surface area contributed by atoms with Crippen LogP contribution >= 0.6 is 0 Å². The fraction of sp³-hybridized carbons (Fsp3) is 0.765. The molecule has 116 valence electrons. The minimum Gasteiger partial charge on any atom is -0.352 e. The molecule has 0 amide bonds. The van der Waals surface area contributed by atoms with Gasteiger partial charge in [-0.25, -0.2) is 0 Å². The molecule has 1 aliphatic carbocycles. The third-order valence-electron chi connectivity index (χ3n) is 4.79. The molecule has 2 unspecified atom stereocenters. The van der Waals surface area contributed by atoms with E-state index in [4.69, 9.17) is 0 Å². The van der Waals surface area contributed by atoms with Crippen LogP contribution in [0, 0.1) is 5.92 Å². The number of rotatable bonds is 3. The van der Waals surface area contributed by atoms with E-state index in [2.05, 4.69) is 53.3 Å². The van der Waals surface area contributed by atoms with E-state index >= 15 is 0 Å². The maximum atomic E-state index is 4.50. The van der Waals surface area contributed by atoms with Gasteiger partial charge in [-0.15, -0.1) is 5.10 Å². The first kappa shape index (κ1) is 14.8. The van der Waals surface area contributed by atoms with Gasteiger partial charge in [0, 0.05) is 24.7 Å². The van der Waals surface area contributed by atoms with Crippen LogP contribution in [0.4, 0.5) is 5.82 Å². The van der Waals surface area contributed by atoms with Gasteiger partial charge in [0.15, 0.2) is 5.82 Å². The summed E-state index contributed by atoms with van der Waals surface area (Å²) < 4.78 is 0. The predicted molar refractivity (Wildman–Crippen MR) is 86.3 cm³/mol. The van der Waals surface area contributed by atoms with E-state index < -0.39 is 0 Å². The monoisotopic (exact) mass is 288 g/mol. The maximum Gasteiger partial charge on any atom is 0.151 e. The lowest BCUT2D eigenvalue weighted by molar-refractivity contribution is 0.359. The van der Waals surface area contributed by atoms with E-state index in [9.17, 15) is 0 Å². The fourth-order valence-electron chi connectivity index (χ4n) is 3.69. The van der Waals surface area contributed by atoms with E-state index in [1.807, 2.05) is 0 Å². The lowest BCUT2D eigenvalue weighted by Crippen LogP contribution is -2.43. The molecular formula is C17H28N4. The topological polar surface area (TPSA) is 41.0 Å². The van der Waals surface area contributed by atoms with Crippen LogP contribution in [0.3, 0.4) is 0 Å². The fourth-order valence-corrected chi connectivity index (χ4v) is 3.69. The number of aromatic nitrogens is 2. The molecule has 0 aromatic carbocycles. The SMILES string of the molecule is CC(C)(C)NCc1ccc(N2CCCC3CCCC32)nn1. The van der Waals surface area contributed by atoms with Gasteiger partial charge in [-0.3, -0.25) is 0 Å². The second-order valence-corrected chi connectivity index (χ2v) is 7.58. The van der Waals surface area contributed by atoms with Crippen molar-refractivity contribution in [3.8, 4) is 0 Å². The van der Waals surface area contributed by atoms with Crippen LogP contribution in [0.25, 0.3) is 0 Å². The Bertz CT molecular complexity index is 463. The number of nitrogens with one attached hydrogen (secondary N) is 1. The van der Waals surface area contributed by atoms with Crippen LogP contribution in [0.1, 0.15) is 58.6 Å². The van der Waals surface area contributed by atoms with Crippen molar-refractivity contribution in [3.05, 3.63) is 17.8 Å². The Morgan fingerprint density at radius 2 is 1.95 bits per heavy atom. The molecule has 1 N–H and O–H groups in total. The zero-order chi connectivity index (χ0) is 14.9. The van der Waals surface area contributed by atoms with Crippen molar-refractivity contribution in [2.45, 2.75) is 71.0 Å². The van der Waals surface area contributed by atoms with Gasteiger partial charge in [0.05, 0.1) is 5.69 Å². The number of hydrogen-bond acceptors (Lipinski definition) is 4. The Hall–Kier alpha value is -1.16. The molecule has 2 heterocycles. The maximum absolute atomic E-state index is 4.50. The van der Waals surface area contributed by atoms with Gasteiger partial charge in [0.25, 0.3) is 0 Å². The van der Waals surface area contributed by atoms with E-state index in [0.29, 0.717) is 6.04 Å². The van der Waals surface area contributed by atoms with Crippen molar-refractivity contribution in [3.63, 3.8) is 0 Å². The third kappa shape index (κ3) is 3.54. The van der Waals surface area contributed by atoms with Crippen LogP contribution in [0.5, 0.6) is 0 Å². The van der Waals surface area contributed by atoms with Crippen molar-refractivity contribution >= 4 is 5.82 Å². The molecule has 1 saturated carbocycles. The normalized spacial score (nSPS) is 26.0. The molecule has 4 nitrogen and oxygen atoms in total. The average Bonchev–Trinajstić information content (AvgIpc) is 2.93. The summed E-state index contributed by atoms with van der Waals surface area (Å²) in [5, 5.41) is 12.4. The van der Waals surface area contributed by atoms with Gasteiger partial charge in [-0.1, -0.05) is 6.42 Å². The molecule has 2 atom stereocenters. The number of anilines is 1. The summed E-state index contributed by atoms with van der Waals surface area (Å²) >= 11 is 0. The highest BCUT2D eigenvalue weighted by atomic mass is 15.3. The van der Waals surface area contributed by atoms with Crippen molar-refractivity contribution in [2.75, 3.05) is 11.4 Å². The van der Waals surface area contributed by atoms with Gasteiger partial charge in [0.1, 0.15) is 0 Å². The lowest BCUT2D eigenvalue weighted by atomic mass is 9.92. The molecule has 1 aliphatic heterocycles. The average molecular weight is 288 g/mol. The van der Waals surface area contributed by atoms with Crippen LogP contribution in [0.2, 0.25) is 0 Å². The zero-order valence-corrected chi connectivity index (χ0v) is 13.6. The molecule has 0 radical (unpaired) electrons. The standard InChI is InChI=1S/C17H28N4/c1-17(2,3)18-12-14-9-10-16(20-19-14)21-11-5-7-13-6-4-8-15(13)21/h9-10,13,15,18H,4-8,11-12H2,1-3H3. The van der Waals surface area contributed by atoms with Gasteiger partial charge >= 0.3 is 0 Å². The highest BCUT2D eigenvalue weighted by Gasteiger charge is 2.35. The first-order valence-corrected chi connectivity index (χ1v) is 8.37. The number of piperidine rings is 1. The quantitative estimate of drug-likeness (QED) is 0.928. The Labute approximate surface area is 128 Å². The minimum atomic E-state index is 0.115. The minimum absolute atomic E-state index is 0.115. The summed E-state index contributed by atoms with van der Waals surface area (Å²) in [5.74, 6) is 1.97. The summed E-state index contributed by atoms with van der Waals surface area (Å²) in [6, 6.07) is 5.00. The summed E-state index contributed by atoms with van der Waals surface area (Å²) in [6.45, 7) is 8.44. The summed E-state index contributed by atoms with van der Waals surface area (Å²) in [7, 11) is 0. The van der Waals surface area contributed by atoms with Crippen molar-refractivity contribution in [1.82, 2.24) is 15.5 Å². The number of nitrogens with zero attached hydrogens (tertiary/aromatic N) is 3. The van der Waals surface area contributed by atoms with Crippen molar-refractivity contribution in [1.29, 1.82) is 0 Å². The van der Waals surface area contributed by atoms with Gasteiger partial charge in [-0.2, -0.15) is 5.10 Å². The van der Waals surface area contributed by atoms with E-state index in [-0.39, 0.29) is 5.54 Å². The summed E-state index contributed by atoms with van der Waals surface area (Å²) in [5.41, 5.74) is 1.14. The molecule has 1 saturated heterocycles. The van der Waals surface area contributed by atoms with Crippen LogP contribution in [-0.4, -0.2) is 28.3 Å². The molecule has 4 heteroatoms. The zero-order valence-electron chi connectivity index (χ0n) is 13.6. The molecule has 2 fully saturated rings. The first-order valence-electron chi connectivity index (χ1n) is 8.37. The molecule has 3 rings (SSSR count). The smallest absolute Gasteiger partial charge is 0.151 e. The molecule has 1 aromatic heterocycles. The molecule has 0 spiro atoms. The van der Waals surface area contributed by atoms with E-state index in [1.54, 1.807) is 0 Å². The Morgan fingerprint density at radius 1 is 1.14 bits per heavy atom. The van der Waals surface area contributed by atoms with Crippen LogP contribution in [0.15, 0.2) is 12.1 Å². The van der Waals surface area contributed by atoms with Gasteiger partial charge in [0.2, 0.25) is 0 Å². The molecular weight excluding hydrogens is 260 g/mol. The first-order chi connectivity index (χ1) is 10.0. The second kappa shape index (κ2) is 5.91. The highest BCUT2D eigenvalue weighted by Crippen LogP contribution is 2.38. The van der Waals surface area contributed by atoms with Crippen molar-refractivity contribution < 1.29 is 0 Å². The van der Waals surface area contributed by atoms with E-state index in [0.717, 1.165) is 30.5 Å². The summed E-state index contributed by atoms with van der Waals surface area (Å²) in [4.78, 5) is 2.51. The van der Waals surface area contributed by atoms with E-state index in [1.165, 1.54) is 32.1 Å². The van der Waals surface area contributed by atoms with Gasteiger partial charge in [-0.05, 0) is 64.5 Å². The second-order valence-electron chi connectivity index (χ2n) is 7.58. The third-order valence-corrected chi connectivity index (χ3v) is 4.79. The highest BCUT2D eigenvalue weighted by molar-refractivity contribution is 5.40.